The van der Waals surface area contributed by atoms with Crippen LogP contribution in [0.2, 0.25) is 0 Å². The van der Waals surface area contributed by atoms with Crippen LogP contribution in [0.4, 0.5) is 5.69 Å². The number of thioether (sulfide) groups is 1. The third-order valence-electron chi connectivity index (χ3n) is 2.52. The maximum Gasteiger partial charge on any atom is 0.0842 e. The Morgan fingerprint density at radius 1 is 1.31 bits per heavy atom. The standard InChI is InChI=1S/C13H8N2S/c14-8-9-5-6-11-13(7-9)16-12-4-2-1-3-10(12)15-11/h1-7,9H. The highest BCUT2D eigenvalue weighted by Crippen LogP contribution is 2.41. The van der Waals surface area contributed by atoms with Gasteiger partial charge in [-0.2, -0.15) is 5.26 Å². The zero-order chi connectivity index (χ0) is 11.0. The second kappa shape index (κ2) is 3.66. The fourth-order valence-electron chi connectivity index (χ4n) is 1.72. The van der Waals surface area contributed by atoms with Crippen LogP contribution in [-0.4, -0.2) is 5.71 Å². The molecule has 0 spiro atoms. The van der Waals surface area contributed by atoms with Crippen molar-refractivity contribution in [3.63, 3.8) is 0 Å². The van der Waals surface area contributed by atoms with Gasteiger partial charge in [0.25, 0.3) is 0 Å². The first-order valence-corrected chi connectivity index (χ1v) is 5.84. The zero-order valence-electron chi connectivity index (χ0n) is 8.42. The fourth-order valence-corrected chi connectivity index (χ4v) is 2.76. The molecule has 2 nitrogen and oxygen atoms in total. The van der Waals surface area contributed by atoms with Crippen molar-refractivity contribution in [2.45, 2.75) is 4.90 Å². The molecule has 0 bridgehead atoms. The van der Waals surface area contributed by atoms with E-state index in [1.54, 1.807) is 11.8 Å². The summed E-state index contributed by atoms with van der Waals surface area (Å²) >= 11 is 1.69. The maximum absolute atomic E-state index is 8.88. The molecule has 1 heterocycles. The summed E-state index contributed by atoms with van der Waals surface area (Å²) in [4.78, 5) is 6.81. The second-order valence-corrected chi connectivity index (χ2v) is 4.70. The van der Waals surface area contributed by atoms with Gasteiger partial charge in [0.15, 0.2) is 0 Å². The molecule has 1 aromatic rings. The van der Waals surface area contributed by atoms with Gasteiger partial charge < -0.3 is 0 Å². The van der Waals surface area contributed by atoms with Gasteiger partial charge in [-0.25, -0.2) is 4.99 Å². The van der Waals surface area contributed by atoms with Gasteiger partial charge in [0.1, 0.15) is 0 Å². The lowest BCUT2D eigenvalue weighted by Gasteiger charge is -2.19. The first-order valence-electron chi connectivity index (χ1n) is 5.02. The van der Waals surface area contributed by atoms with Crippen molar-refractivity contribution in [2.75, 3.05) is 0 Å². The highest BCUT2D eigenvalue weighted by Gasteiger charge is 2.19. The van der Waals surface area contributed by atoms with Crippen LogP contribution >= 0.6 is 11.8 Å². The average molecular weight is 224 g/mol. The number of nitrogens with zero attached hydrogens (tertiary/aromatic N) is 2. The Hall–Kier alpha value is -1.79. The molecule has 1 aromatic carbocycles. The fraction of sp³-hybridized carbons (Fsp3) is 0.0769. The topological polar surface area (TPSA) is 36.1 Å². The minimum atomic E-state index is -0.119. The van der Waals surface area contributed by atoms with Gasteiger partial charge >= 0.3 is 0 Å². The highest BCUT2D eigenvalue weighted by molar-refractivity contribution is 8.04. The van der Waals surface area contributed by atoms with Gasteiger partial charge in [-0.05, 0) is 24.3 Å². The molecule has 0 aromatic heterocycles. The summed E-state index contributed by atoms with van der Waals surface area (Å²) in [5.41, 5.74) is 1.98. The minimum absolute atomic E-state index is 0.119. The predicted octanol–water partition coefficient (Wildman–Crippen LogP) is 3.46. The average Bonchev–Trinajstić information content (AvgIpc) is 2.35. The van der Waals surface area contributed by atoms with Crippen molar-refractivity contribution in [1.29, 1.82) is 5.26 Å². The molecule has 0 saturated heterocycles. The molecule has 0 radical (unpaired) electrons. The molecule has 0 N–H and O–H groups in total. The monoisotopic (exact) mass is 224 g/mol. The van der Waals surface area contributed by atoms with Crippen molar-refractivity contribution in [3.8, 4) is 6.07 Å². The van der Waals surface area contributed by atoms with Crippen LogP contribution in [0.5, 0.6) is 0 Å². The number of hydrogen-bond donors (Lipinski definition) is 0. The first kappa shape index (κ1) is 9.44. The van der Waals surface area contributed by atoms with E-state index in [0.29, 0.717) is 0 Å². The van der Waals surface area contributed by atoms with E-state index in [9.17, 15) is 0 Å². The lowest BCUT2D eigenvalue weighted by Crippen LogP contribution is -2.07. The van der Waals surface area contributed by atoms with Crippen LogP contribution in [0.1, 0.15) is 0 Å². The van der Waals surface area contributed by atoms with Crippen molar-refractivity contribution >= 4 is 23.2 Å². The Morgan fingerprint density at radius 3 is 3.06 bits per heavy atom. The number of aliphatic imine (C=N–C) groups is 1. The van der Waals surface area contributed by atoms with E-state index in [0.717, 1.165) is 21.2 Å². The molecule has 0 amide bonds. The zero-order valence-corrected chi connectivity index (χ0v) is 9.24. The molecule has 76 valence electrons. The molecule has 0 saturated carbocycles. The Kier molecular flexibility index (Phi) is 2.16. The summed E-state index contributed by atoms with van der Waals surface area (Å²) in [6.07, 6.45) is 5.79. The van der Waals surface area contributed by atoms with Gasteiger partial charge in [-0.1, -0.05) is 30.0 Å². The SMILES string of the molecule is N#CC1C=CC2=Nc3ccccc3SC2=C1. The highest BCUT2D eigenvalue weighted by atomic mass is 32.2. The van der Waals surface area contributed by atoms with E-state index < -0.39 is 0 Å². The van der Waals surface area contributed by atoms with Gasteiger partial charge in [-0.3, -0.25) is 0 Å². The van der Waals surface area contributed by atoms with E-state index in [-0.39, 0.29) is 5.92 Å². The molecule has 1 unspecified atom stereocenters. The summed E-state index contributed by atoms with van der Waals surface area (Å²) in [5, 5.41) is 8.88. The van der Waals surface area contributed by atoms with E-state index in [4.69, 9.17) is 5.26 Å². The number of allylic oxidation sites excluding steroid dienone is 4. The minimum Gasteiger partial charge on any atom is -0.247 e. The van der Waals surface area contributed by atoms with Gasteiger partial charge in [0.2, 0.25) is 0 Å². The maximum atomic E-state index is 8.88. The van der Waals surface area contributed by atoms with Gasteiger partial charge in [-0.15, -0.1) is 0 Å². The Balaban J connectivity index is 2.09. The molecule has 2 aliphatic rings. The predicted molar refractivity (Wildman–Crippen MR) is 65.7 cm³/mol. The van der Waals surface area contributed by atoms with E-state index in [2.05, 4.69) is 17.1 Å². The summed E-state index contributed by atoms with van der Waals surface area (Å²) in [5.74, 6) is -0.119. The van der Waals surface area contributed by atoms with Crippen molar-refractivity contribution in [1.82, 2.24) is 0 Å². The van der Waals surface area contributed by atoms with Crippen LogP contribution in [0.15, 0.2) is 57.3 Å². The molecular weight excluding hydrogens is 216 g/mol. The Labute approximate surface area is 98.0 Å². The molecule has 1 aliphatic carbocycles. The number of hydrogen-bond acceptors (Lipinski definition) is 3. The largest absolute Gasteiger partial charge is 0.247 e. The molecule has 3 heteroatoms. The number of nitriles is 1. The normalized spacial score (nSPS) is 21.3. The molecule has 1 atom stereocenters. The van der Waals surface area contributed by atoms with Gasteiger partial charge in [0, 0.05) is 9.80 Å². The van der Waals surface area contributed by atoms with Crippen molar-refractivity contribution in [2.24, 2.45) is 10.9 Å². The molecule has 3 rings (SSSR count). The lowest BCUT2D eigenvalue weighted by atomic mass is 10.0. The third-order valence-corrected chi connectivity index (χ3v) is 3.65. The quantitative estimate of drug-likeness (QED) is 0.676. The van der Waals surface area contributed by atoms with Crippen molar-refractivity contribution < 1.29 is 0 Å². The lowest BCUT2D eigenvalue weighted by molar-refractivity contribution is 1.07. The number of rotatable bonds is 0. The summed E-state index contributed by atoms with van der Waals surface area (Å²) in [6, 6.07) is 10.3. The Bertz CT molecular complexity index is 576. The Morgan fingerprint density at radius 2 is 2.19 bits per heavy atom. The summed E-state index contributed by atoms with van der Waals surface area (Å²) in [7, 11) is 0. The molecule has 0 fully saturated rings. The van der Waals surface area contributed by atoms with Crippen LogP contribution < -0.4 is 0 Å². The number of fused-ring (bicyclic) bond motifs is 2. The molecule has 1 aliphatic heterocycles. The van der Waals surface area contributed by atoms with E-state index in [1.165, 1.54) is 0 Å². The van der Waals surface area contributed by atoms with E-state index >= 15 is 0 Å². The summed E-state index contributed by atoms with van der Waals surface area (Å²) < 4.78 is 0. The summed E-state index contributed by atoms with van der Waals surface area (Å²) in [6.45, 7) is 0. The first-order chi connectivity index (χ1) is 7.86. The van der Waals surface area contributed by atoms with Crippen LogP contribution in [0.25, 0.3) is 0 Å². The molecule has 16 heavy (non-hydrogen) atoms. The second-order valence-electron chi connectivity index (χ2n) is 3.61. The van der Waals surface area contributed by atoms with Crippen LogP contribution in [0, 0.1) is 17.2 Å². The number of para-hydroxylation sites is 1. The van der Waals surface area contributed by atoms with Crippen LogP contribution in [0.3, 0.4) is 0 Å². The van der Waals surface area contributed by atoms with Crippen LogP contribution in [-0.2, 0) is 0 Å². The van der Waals surface area contributed by atoms with E-state index in [1.807, 2.05) is 36.4 Å². The third kappa shape index (κ3) is 1.48. The van der Waals surface area contributed by atoms with Crippen molar-refractivity contribution in [3.05, 3.63) is 47.4 Å². The molecular formula is C13H8N2S. The smallest absolute Gasteiger partial charge is 0.0842 e. The number of benzene rings is 1. The van der Waals surface area contributed by atoms with Gasteiger partial charge in [0.05, 0.1) is 23.4 Å².